The second kappa shape index (κ2) is 12.3. The molecule has 7 heteroatoms. The number of carbonyl (C=O) groups excluding carboxylic acids is 2. The van der Waals surface area contributed by atoms with Crippen molar-refractivity contribution < 1.29 is 23.8 Å². The second-order valence-electron chi connectivity index (χ2n) is 6.09. The molecule has 1 rings (SSSR count). The highest BCUT2D eigenvalue weighted by Gasteiger charge is 2.23. The average molecular weight is 427 g/mol. The molecule has 2 atom stereocenters. The zero-order chi connectivity index (χ0) is 21.1. The molecule has 0 spiro atoms. The maximum Gasteiger partial charge on any atom is 0.363 e. The van der Waals surface area contributed by atoms with E-state index in [9.17, 15) is 9.59 Å². The SMILES string of the molecule is C=C(C)C(CCC(C)=CC=CC(=O)OC)OC(=O)C(Cl)Oc1ccc(Cl)cc1. The molecule has 0 bridgehead atoms. The zero-order valence-electron chi connectivity index (χ0n) is 16.1. The van der Waals surface area contributed by atoms with Crippen LogP contribution in [0.5, 0.6) is 5.75 Å². The van der Waals surface area contributed by atoms with Crippen LogP contribution in [0.15, 0.2) is 60.2 Å². The molecule has 1 aromatic rings. The molecule has 1 aromatic carbocycles. The number of methoxy groups -OCH3 is 1. The lowest BCUT2D eigenvalue weighted by molar-refractivity contribution is -0.152. The van der Waals surface area contributed by atoms with E-state index in [1.807, 2.05) is 6.92 Å². The third kappa shape index (κ3) is 9.11. The second-order valence-corrected chi connectivity index (χ2v) is 6.93. The molecule has 28 heavy (non-hydrogen) atoms. The molecule has 0 N–H and O–H groups in total. The van der Waals surface area contributed by atoms with Crippen molar-refractivity contribution in [1.82, 2.24) is 0 Å². The number of alkyl halides is 1. The van der Waals surface area contributed by atoms with Gasteiger partial charge in [-0.05, 0) is 56.5 Å². The molecule has 0 aliphatic heterocycles. The fourth-order valence-electron chi connectivity index (χ4n) is 2.08. The first-order chi connectivity index (χ1) is 13.2. The van der Waals surface area contributed by atoms with Crippen LogP contribution in [0.2, 0.25) is 5.02 Å². The van der Waals surface area contributed by atoms with Gasteiger partial charge in [0.25, 0.3) is 5.56 Å². The van der Waals surface area contributed by atoms with Gasteiger partial charge in [0.2, 0.25) is 0 Å². The van der Waals surface area contributed by atoms with Gasteiger partial charge < -0.3 is 14.2 Å². The Labute approximate surface area is 175 Å². The van der Waals surface area contributed by atoms with Crippen molar-refractivity contribution in [2.24, 2.45) is 0 Å². The van der Waals surface area contributed by atoms with Crippen molar-refractivity contribution in [3.8, 4) is 5.75 Å². The normalized spacial score (nSPS) is 13.7. The van der Waals surface area contributed by atoms with Crippen LogP contribution in [0.3, 0.4) is 0 Å². The zero-order valence-corrected chi connectivity index (χ0v) is 17.6. The van der Waals surface area contributed by atoms with Gasteiger partial charge in [0.15, 0.2) is 0 Å². The maximum absolute atomic E-state index is 12.2. The summed E-state index contributed by atoms with van der Waals surface area (Å²) in [4.78, 5) is 23.3. The molecule has 0 saturated carbocycles. The van der Waals surface area contributed by atoms with Gasteiger partial charge in [-0.3, -0.25) is 0 Å². The highest BCUT2D eigenvalue weighted by Crippen LogP contribution is 2.20. The van der Waals surface area contributed by atoms with Gasteiger partial charge in [-0.25, -0.2) is 9.59 Å². The molecular formula is C21H24Cl2O5. The van der Waals surface area contributed by atoms with Crippen molar-refractivity contribution in [1.29, 1.82) is 0 Å². The number of carbonyl (C=O) groups is 2. The van der Waals surface area contributed by atoms with E-state index in [1.165, 1.54) is 13.2 Å². The van der Waals surface area contributed by atoms with Crippen molar-refractivity contribution >= 4 is 35.1 Å². The van der Waals surface area contributed by atoms with Gasteiger partial charge >= 0.3 is 11.9 Å². The Bertz CT molecular complexity index is 738. The molecule has 0 aliphatic carbocycles. The van der Waals surface area contributed by atoms with Gasteiger partial charge in [0, 0.05) is 11.1 Å². The summed E-state index contributed by atoms with van der Waals surface area (Å²) in [6, 6.07) is 6.48. The van der Waals surface area contributed by atoms with Crippen LogP contribution in [-0.2, 0) is 19.1 Å². The largest absolute Gasteiger partial charge is 0.466 e. The van der Waals surface area contributed by atoms with Crippen LogP contribution in [0, 0.1) is 0 Å². The van der Waals surface area contributed by atoms with E-state index in [2.05, 4.69) is 11.3 Å². The summed E-state index contributed by atoms with van der Waals surface area (Å²) < 4.78 is 15.3. The monoisotopic (exact) mass is 426 g/mol. The quantitative estimate of drug-likeness (QED) is 0.168. The molecule has 0 radical (unpaired) electrons. The maximum atomic E-state index is 12.2. The predicted octanol–water partition coefficient (Wildman–Crippen LogP) is 5.23. The van der Waals surface area contributed by atoms with Crippen molar-refractivity contribution in [3.63, 3.8) is 0 Å². The summed E-state index contributed by atoms with van der Waals surface area (Å²) in [5, 5.41) is 0.549. The fourth-order valence-corrected chi connectivity index (χ4v) is 2.36. The van der Waals surface area contributed by atoms with Gasteiger partial charge in [-0.2, -0.15) is 0 Å². The Balaban J connectivity index is 2.58. The van der Waals surface area contributed by atoms with Crippen molar-refractivity contribution in [2.75, 3.05) is 7.11 Å². The van der Waals surface area contributed by atoms with Crippen LogP contribution in [0.1, 0.15) is 26.7 Å². The van der Waals surface area contributed by atoms with Gasteiger partial charge in [-0.1, -0.05) is 47.5 Å². The number of hydrogen-bond donors (Lipinski definition) is 0. The number of esters is 2. The Morgan fingerprint density at radius 3 is 2.43 bits per heavy atom. The number of hydrogen-bond acceptors (Lipinski definition) is 5. The van der Waals surface area contributed by atoms with E-state index < -0.39 is 23.6 Å². The highest BCUT2D eigenvalue weighted by molar-refractivity contribution is 6.30. The van der Waals surface area contributed by atoms with Crippen molar-refractivity contribution in [3.05, 3.63) is 65.2 Å². The molecule has 0 fully saturated rings. The van der Waals surface area contributed by atoms with Gasteiger partial charge in [0.1, 0.15) is 11.9 Å². The molecule has 0 saturated heterocycles. The molecule has 0 heterocycles. The summed E-state index contributed by atoms with van der Waals surface area (Å²) in [5.41, 5.74) is 0.409. The van der Waals surface area contributed by atoms with Crippen LogP contribution in [-0.4, -0.2) is 30.7 Å². The third-order valence-corrected chi connectivity index (χ3v) is 4.18. The van der Waals surface area contributed by atoms with Gasteiger partial charge in [-0.15, -0.1) is 0 Å². The summed E-state index contributed by atoms with van der Waals surface area (Å²) in [5.74, 6) is -0.715. The predicted molar refractivity (Wildman–Crippen MR) is 111 cm³/mol. The molecule has 2 unspecified atom stereocenters. The summed E-state index contributed by atoms with van der Waals surface area (Å²) in [6.45, 7) is 7.55. The molecule has 152 valence electrons. The Morgan fingerprint density at radius 2 is 1.86 bits per heavy atom. The van der Waals surface area contributed by atoms with Crippen LogP contribution >= 0.6 is 23.2 Å². The minimum atomic E-state index is -1.29. The molecule has 0 aromatic heterocycles. The van der Waals surface area contributed by atoms with Crippen LogP contribution < -0.4 is 4.74 Å². The van der Waals surface area contributed by atoms with E-state index in [0.29, 0.717) is 29.2 Å². The summed E-state index contributed by atoms with van der Waals surface area (Å²) >= 11 is 11.8. The third-order valence-electron chi connectivity index (χ3n) is 3.66. The Hall–Kier alpha value is -2.24. The minimum Gasteiger partial charge on any atom is -0.466 e. The Morgan fingerprint density at radius 1 is 1.21 bits per heavy atom. The molecule has 0 amide bonds. The van der Waals surface area contributed by atoms with E-state index in [0.717, 1.165) is 5.57 Å². The lowest BCUT2D eigenvalue weighted by Crippen LogP contribution is -2.29. The molecule has 5 nitrogen and oxygen atoms in total. The smallest absolute Gasteiger partial charge is 0.363 e. The van der Waals surface area contributed by atoms with E-state index >= 15 is 0 Å². The number of ether oxygens (including phenoxy) is 3. The van der Waals surface area contributed by atoms with E-state index in [-0.39, 0.29) is 0 Å². The fraction of sp³-hybridized carbons (Fsp3) is 0.333. The first kappa shape index (κ1) is 23.8. The first-order valence-corrected chi connectivity index (χ1v) is 9.38. The van der Waals surface area contributed by atoms with Crippen molar-refractivity contribution in [2.45, 2.75) is 38.4 Å². The summed E-state index contributed by atoms with van der Waals surface area (Å²) in [7, 11) is 1.32. The van der Waals surface area contributed by atoms with E-state index in [4.69, 9.17) is 32.7 Å². The average Bonchev–Trinajstić information content (AvgIpc) is 2.66. The topological polar surface area (TPSA) is 61.8 Å². The molecule has 0 aliphatic rings. The minimum absolute atomic E-state index is 0.407. The lowest BCUT2D eigenvalue weighted by Gasteiger charge is -2.20. The molecular weight excluding hydrogens is 403 g/mol. The van der Waals surface area contributed by atoms with Gasteiger partial charge in [0.05, 0.1) is 7.11 Å². The number of benzene rings is 1. The number of allylic oxidation sites excluding steroid dienone is 3. The lowest BCUT2D eigenvalue weighted by atomic mass is 10.0. The van der Waals surface area contributed by atoms with Crippen LogP contribution in [0.25, 0.3) is 0 Å². The number of halogens is 2. The first-order valence-electron chi connectivity index (χ1n) is 8.57. The summed E-state index contributed by atoms with van der Waals surface area (Å²) in [6.07, 6.45) is 5.39. The number of rotatable bonds is 10. The van der Waals surface area contributed by atoms with Crippen LogP contribution in [0.4, 0.5) is 0 Å². The van der Waals surface area contributed by atoms with E-state index in [1.54, 1.807) is 43.3 Å². The Kier molecular flexibility index (Phi) is 10.4. The highest BCUT2D eigenvalue weighted by atomic mass is 35.5. The standard InChI is InChI=1S/C21H24Cl2O5/c1-14(2)18(13-8-15(3)6-5-7-19(24)26-4)28-21(25)20(23)27-17-11-9-16(22)10-12-17/h5-7,9-12,18,20H,1,8,13H2,2-4H3.